The Morgan fingerprint density at radius 3 is 2.78 bits per heavy atom. The summed E-state index contributed by atoms with van der Waals surface area (Å²) >= 11 is 0. The van der Waals surface area contributed by atoms with E-state index in [-0.39, 0.29) is 5.54 Å². The molecule has 4 nitrogen and oxygen atoms in total. The third-order valence-electron chi connectivity index (χ3n) is 6.12. The molecule has 0 unspecified atom stereocenters. The summed E-state index contributed by atoms with van der Waals surface area (Å²) in [6.07, 6.45) is 2.25. The van der Waals surface area contributed by atoms with Crippen LogP contribution in [0.15, 0.2) is 42.5 Å². The Bertz CT molecular complexity index is 789. The number of likely N-dealkylation sites (tertiary alicyclic amines) is 1. The molecule has 2 heterocycles. The summed E-state index contributed by atoms with van der Waals surface area (Å²) in [5.41, 5.74) is 3.43. The standard InChI is InChI=1S/C23H30N2O2/c1-17-10-12-25(16-17)13-14-27-21-6-3-19(4-7-21)23(2)22-8-5-20(26)15-18(22)9-11-24-23/h3-8,15,17,24,26H,9-14,16H2,1-2H3/t17-,23-/m1/s1. The highest BCUT2D eigenvalue weighted by atomic mass is 16.5. The molecule has 0 spiro atoms. The minimum Gasteiger partial charge on any atom is -0.508 e. The zero-order valence-electron chi connectivity index (χ0n) is 16.4. The first-order valence-corrected chi connectivity index (χ1v) is 10.1. The van der Waals surface area contributed by atoms with Crippen LogP contribution in [-0.4, -0.2) is 42.8 Å². The summed E-state index contributed by atoms with van der Waals surface area (Å²) < 4.78 is 5.97. The van der Waals surface area contributed by atoms with Crippen LogP contribution in [-0.2, 0) is 12.0 Å². The Morgan fingerprint density at radius 2 is 2.04 bits per heavy atom. The zero-order chi connectivity index (χ0) is 18.9. The number of phenolic OH excluding ortho intramolecular Hbond substituents is 1. The van der Waals surface area contributed by atoms with Gasteiger partial charge in [-0.2, -0.15) is 0 Å². The number of aromatic hydroxyl groups is 1. The highest BCUT2D eigenvalue weighted by Gasteiger charge is 2.33. The second-order valence-corrected chi connectivity index (χ2v) is 8.21. The minimum absolute atomic E-state index is 0.245. The number of benzene rings is 2. The molecule has 2 aromatic carbocycles. The number of fused-ring (bicyclic) bond motifs is 1. The van der Waals surface area contributed by atoms with Gasteiger partial charge in [-0.3, -0.25) is 4.90 Å². The molecule has 2 aliphatic rings. The normalized spacial score (nSPS) is 25.3. The number of ether oxygens (including phenoxy) is 1. The smallest absolute Gasteiger partial charge is 0.119 e. The van der Waals surface area contributed by atoms with Crippen LogP contribution >= 0.6 is 0 Å². The van der Waals surface area contributed by atoms with Gasteiger partial charge in [-0.05, 0) is 73.2 Å². The molecule has 2 aliphatic heterocycles. The summed E-state index contributed by atoms with van der Waals surface area (Å²) in [6, 6.07) is 14.2. The van der Waals surface area contributed by atoms with E-state index in [0.29, 0.717) is 5.75 Å². The van der Waals surface area contributed by atoms with Crippen molar-refractivity contribution in [2.75, 3.05) is 32.8 Å². The maximum Gasteiger partial charge on any atom is 0.119 e. The predicted molar refractivity (Wildman–Crippen MR) is 108 cm³/mol. The maximum atomic E-state index is 9.80. The fraction of sp³-hybridized carbons (Fsp3) is 0.478. The lowest BCUT2D eigenvalue weighted by Gasteiger charge is -2.38. The second kappa shape index (κ2) is 7.53. The third-order valence-corrected chi connectivity index (χ3v) is 6.12. The lowest BCUT2D eigenvalue weighted by Crippen LogP contribution is -2.45. The van der Waals surface area contributed by atoms with E-state index in [9.17, 15) is 5.11 Å². The molecule has 0 radical (unpaired) electrons. The predicted octanol–water partition coefficient (Wildman–Crippen LogP) is 3.52. The molecule has 0 amide bonds. The fourth-order valence-electron chi connectivity index (χ4n) is 4.48. The molecule has 0 aliphatic carbocycles. The van der Waals surface area contributed by atoms with Gasteiger partial charge >= 0.3 is 0 Å². The van der Waals surface area contributed by atoms with Crippen LogP contribution in [0.1, 0.15) is 37.0 Å². The van der Waals surface area contributed by atoms with Gasteiger partial charge in [0.1, 0.15) is 18.1 Å². The maximum absolute atomic E-state index is 9.80. The molecule has 0 aromatic heterocycles. The molecule has 144 valence electrons. The van der Waals surface area contributed by atoms with Gasteiger partial charge in [-0.1, -0.05) is 25.1 Å². The van der Waals surface area contributed by atoms with E-state index in [2.05, 4.69) is 48.3 Å². The number of nitrogens with one attached hydrogen (secondary N) is 1. The molecule has 0 saturated carbocycles. The van der Waals surface area contributed by atoms with Crippen LogP contribution < -0.4 is 10.1 Å². The highest BCUT2D eigenvalue weighted by molar-refractivity contribution is 5.47. The largest absolute Gasteiger partial charge is 0.508 e. The number of hydrogen-bond donors (Lipinski definition) is 2. The van der Waals surface area contributed by atoms with Crippen LogP contribution in [0.2, 0.25) is 0 Å². The average Bonchev–Trinajstić information content (AvgIpc) is 3.07. The summed E-state index contributed by atoms with van der Waals surface area (Å²) in [4.78, 5) is 2.48. The van der Waals surface area contributed by atoms with Crippen molar-refractivity contribution in [2.45, 2.75) is 32.2 Å². The van der Waals surface area contributed by atoms with E-state index in [4.69, 9.17) is 4.74 Å². The van der Waals surface area contributed by atoms with Crippen LogP contribution in [0.5, 0.6) is 11.5 Å². The van der Waals surface area contributed by atoms with Gasteiger partial charge < -0.3 is 15.2 Å². The van der Waals surface area contributed by atoms with Crippen molar-refractivity contribution in [1.82, 2.24) is 10.2 Å². The van der Waals surface area contributed by atoms with E-state index in [1.165, 1.54) is 36.2 Å². The second-order valence-electron chi connectivity index (χ2n) is 8.21. The van der Waals surface area contributed by atoms with E-state index in [1.54, 1.807) is 6.07 Å². The SMILES string of the molecule is C[C@@H]1CCN(CCOc2ccc([C@@]3(C)NCCc4cc(O)ccc43)cc2)C1. The first-order chi connectivity index (χ1) is 13.0. The number of phenols is 1. The van der Waals surface area contributed by atoms with Gasteiger partial charge in [0.15, 0.2) is 0 Å². The average molecular weight is 367 g/mol. The lowest BCUT2D eigenvalue weighted by molar-refractivity contribution is 0.234. The van der Waals surface area contributed by atoms with E-state index >= 15 is 0 Å². The lowest BCUT2D eigenvalue weighted by atomic mass is 9.79. The molecule has 1 saturated heterocycles. The Balaban J connectivity index is 1.43. The Hall–Kier alpha value is -2.04. The van der Waals surface area contributed by atoms with Crippen molar-refractivity contribution in [3.05, 3.63) is 59.2 Å². The van der Waals surface area contributed by atoms with Crippen LogP contribution in [0.3, 0.4) is 0 Å². The van der Waals surface area contributed by atoms with Gasteiger partial charge in [-0.15, -0.1) is 0 Å². The molecule has 27 heavy (non-hydrogen) atoms. The summed E-state index contributed by atoms with van der Waals surface area (Å²) in [7, 11) is 0. The van der Waals surface area contributed by atoms with Crippen LogP contribution in [0.25, 0.3) is 0 Å². The van der Waals surface area contributed by atoms with Crippen molar-refractivity contribution < 1.29 is 9.84 Å². The first-order valence-electron chi connectivity index (χ1n) is 10.1. The van der Waals surface area contributed by atoms with E-state index < -0.39 is 0 Å². The summed E-state index contributed by atoms with van der Waals surface area (Å²) in [5, 5.41) is 13.5. The topological polar surface area (TPSA) is 44.7 Å². The molecule has 0 bridgehead atoms. The van der Waals surface area contributed by atoms with Crippen LogP contribution in [0, 0.1) is 5.92 Å². The number of hydrogen-bond acceptors (Lipinski definition) is 4. The van der Waals surface area contributed by atoms with Gasteiger partial charge in [0.25, 0.3) is 0 Å². The summed E-state index contributed by atoms with van der Waals surface area (Å²) in [5.74, 6) is 2.09. The molecular weight excluding hydrogens is 336 g/mol. The van der Waals surface area contributed by atoms with E-state index in [1.807, 2.05) is 12.1 Å². The highest BCUT2D eigenvalue weighted by Crippen LogP contribution is 2.36. The Morgan fingerprint density at radius 1 is 1.22 bits per heavy atom. The van der Waals surface area contributed by atoms with Gasteiger partial charge in [-0.25, -0.2) is 0 Å². The zero-order valence-corrected chi connectivity index (χ0v) is 16.4. The molecule has 2 aromatic rings. The molecule has 2 N–H and O–H groups in total. The molecule has 4 rings (SSSR count). The quantitative estimate of drug-likeness (QED) is 0.850. The third kappa shape index (κ3) is 3.83. The molecule has 2 atom stereocenters. The molecular formula is C23H30N2O2. The van der Waals surface area contributed by atoms with Crippen molar-refractivity contribution >= 4 is 0 Å². The minimum atomic E-state index is -0.245. The van der Waals surface area contributed by atoms with Crippen LogP contribution in [0.4, 0.5) is 0 Å². The Kier molecular flexibility index (Phi) is 5.11. The van der Waals surface area contributed by atoms with Gasteiger partial charge in [0, 0.05) is 19.6 Å². The molecule has 1 fully saturated rings. The van der Waals surface area contributed by atoms with Gasteiger partial charge in [0.05, 0.1) is 5.54 Å². The van der Waals surface area contributed by atoms with Crippen molar-refractivity contribution in [3.63, 3.8) is 0 Å². The van der Waals surface area contributed by atoms with Crippen molar-refractivity contribution in [2.24, 2.45) is 5.92 Å². The monoisotopic (exact) mass is 366 g/mol. The van der Waals surface area contributed by atoms with E-state index in [0.717, 1.165) is 37.8 Å². The molecule has 4 heteroatoms. The summed E-state index contributed by atoms with van der Waals surface area (Å²) in [6.45, 7) is 9.57. The first kappa shape index (κ1) is 18.3. The van der Waals surface area contributed by atoms with Crippen molar-refractivity contribution in [1.29, 1.82) is 0 Å². The fourth-order valence-corrected chi connectivity index (χ4v) is 4.48. The van der Waals surface area contributed by atoms with Gasteiger partial charge in [0.2, 0.25) is 0 Å². The Labute approximate surface area is 162 Å². The van der Waals surface area contributed by atoms with Crippen molar-refractivity contribution in [3.8, 4) is 11.5 Å². The number of nitrogens with zero attached hydrogens (tertiary/aromatic N) is 1. The number of rotatable bonds is 5.